The zero-order valence-corrected chi connectivity index (χ0v) is 12.5. The van der Waals surface area contributed by atoms with Crippen molar-refractivity contribution in [2.45, 2.75) is 0 Å². The molecule has 2 heterocycles. The van der Waals surface area contributed by atoms with Gasteiger partial charge in [0, 0.05) is 41.3 Å². The molecule has 102 valence electrons. The maximum atomic E-state index is 5.12. The first-order valence-corrected chi connectivity index (χ1v) is 6.16. The second kappa shape index (κ2) is 4.96. The lowest BCUT2D eigenvalue weighted by Gasteiger charge is -2.17. The van der Waals surface area contributed by atoms with Crippen LogP contribution < -0.4 is 9.80 Å². The lowest BCUT2D eigenvalue weighted by molar-refractivity contribution is 0.890. The highest BCUT2D eigenvalue weighted by atomic mass is 32.1. The number of nitrogens with zero attached hydrogens (tertiary/aromatic N) is 6. The number of hydrogen-bond acceptors (Lipinski definition) is 6. The Morgan fingerprint density at radius 3 is 2.32 bits per heavy atom. The van der Waals surface area contributed by atoms with Crippen LogP contribution in [0.3, 0.4) is 0 Å². The van der Waals surface area contributed by atoms with E-state index in [2.05, 4.69) is 20.2 Å². The molecule has 0 aliphatic rings. The van der Waals surface area contributed by atoms with E-state index in [0.717, 1.165) is 11.5 Å². The summed E-state index contributed by atoms with van der Waals surface area (Å²) in [6.07, 6.45) is 0. The molecule has 0 atom stereocenters. The first kappa shape index (κ1) is 13.5. The van der Waals surface area contributed by atoms with Gasteiger partial charge in [-0.15, -0.1) is 0 Å². The van der Waals surface area contributed by atoms with Crippen molar-refractivity contribution in [1.82, 2.24) is 24.7 Å². The molecule has 2 aromatic rings. The van der Waals surface area contributed by atoms with Gasteiger partial charge in [0.25, 0.3) is 0 Å². The molecule has 2 rings (SSSR count). The summed E-state index contributed by atoms with van der Waals surface area (Å²) in [4.78, 5) is 12.7. The maximum Gasteiger partial charge on any atom is 0.227 e. The van der Waals surface area contributed by atoms with Crippen molar-refractivity contribution in [3.05, 3.63) is 10.8 Å². The summed E-state index contributed by atoms with van der Waals surface area (Å²) in [5, 5.41) is 6.97. The molecular formula is C11H17N7S. The number of H-pyrrole nitrogens is 1. The molecule has 0 saturated carbocycles. The van der Waals surface area contributed by atoms with Crippen molar-refractivity contribution in [2.24, 2.45) is 7.05 Å². The first-order valence-electron chi connectivity index (χ1n) is 5.75. The molecule has 0 aliphatic carbocycles. The Morgan fingerprint density at radius 1 is 1.16 bits per heavy atom. The molecule has 0 aromatic carbocycles. The quantitative estimate of drug-likeness (QED) is 0.848. The monoisotopic (exact) mass is 279 g/mol. The van der Waals surface area contributed by atoms with E-state index in [9.17, 15) is 0 Å². The number of anilines is 2. The van der Waals surface area contributed by atoms with Crippen LogP contribution in [-0.4, -0.2) is 52.9 Å². The van der Waals surface area contributed by atoms with Crippen LogP contribution in [-0.2, 0) is 7.05 Å². The Bertz CT molecular complexity index is 614. The molecular weight excluding hydrogens is 262 g/mol. The molecule has 0 bridgehead atoms. The third-order valence-corrected chi connectivity index (χ3v) is 3.03. The third-order valence-electron chi connectivity index (χ3n) is 2.67. The van der Waals surface area contributed by atoms with Crippen molar-refractivity contribution >= 4 is 24.0 Å². The predicted molar refractivity (Wildman–Crippen MR) is 78.1 cm³/mol. The fraction of sp³-hybridized carbons (Fsp3) is 0.455. The topological polar surface area (TPSA) is 65.9 Å². The number of aromatic amines is 1. The summed E-state index contributed by atoms with van der Waals surface area (Å²) in [5.74, 6) is 2.15. The van der Waals surface area contributed by atoms with Crippen LogP contribution in [0.2, 0.25) is 0 Å². The summed E-state index contributed by atoms with van der Waals surface area (Å²) in [6, 6.07) is 1.89. The summed E-state index contributed by atoms with van der Waals surface area (Å²) >= 11 is 5.12. The van der Waals surface area contributed by atoms with Gasteiger partial charge < -0.3 is 14.4 Å². The SMILES string of the molecule is CN(C)c1cc(-c2n[nH]c(=S)n2C)nc(N(C)C)n1. The van der Waals surface area contributed by atoms with Gasteiger partial charge in [0.15, 0.2) is 10.6 Å². The van der Waals surface area contributed by atoms with Gasteiger partial charge in [-0.05, 0) is 12.2 Å². The Labute approximate surface area is 116 Å². The first-order chi connectivity index (χ1) is 8.90. The molecule has 19 heavy (non-hydrogen) atoms. The Hall–Kier alpha value is -1.96. The molecule has 7 nitrogen and oxygen atoms in total. The van der Waals surface area contributed by atoms with E-state index in [1.807, 2.05) is 51.1 Å². The van der Waals surface area contributed by atoms with E-state index in [1.54, 1.807) is 4.57 Å². The number of aromatic nitrogens is 5. The Kier molecular flexibility index (Phi) is 3.52. The number of rotatable bonds is 3. The molecule has 0 unspecified atom stereocenters. The number of hydrogen-bond donors (Lipinski definition) is 1. The molecule has 0 spiro atoms. The molecule has 0 fully saturated rings. The summed E-state index contributed by atoms with van der Waals surface area (Å²) in [7, 11) is 9.54. The van der Waals surface area contributed by atoms with Gasteiger partial charge in [0.2, 0.25) is 5.95 Å². The van der Waals surface area contributed by atoms with E-state index in [1.165, 1.54) is 0 Å². The predicted octanol–water partition coefficient (Wildman–Crippen LogP) is 1.07. The number of nitrogens with one attached hydrogen (secondary N) is 1. The van der Waals surface area contributed by atoms with Gasteiger partial charge in [0.05, 0.1) is 0 Å². The average molecular weight is 279 g/mol. The van der Waals surface area contributed by atoms with Crippen LogP contribution in [0, 0.1) is 4.77 Å². The van der Waals surface area contributed by atoms with E-state index in [-0.39, 0.29) is 0 Å². The van der Waals surface area contributed by atoms with E-state index < -0.39 is 0 Å². The van der Waals surface area contributed by atoms with Gasteiger partial charge in [-0.3, -0.25) is 5.10 Å². The van der Waals surface area contributed by atoms with Crippen LogP contribution in [0.15, 0.2) is 6.07 Å². The Morgan fingerprint density at radius 2 is 1.84 bits per heavy atom. The van der Waals surface area contributed by atoms with Gasteiger partial charge in [-0.2, -0.15) is 10.1 Å². The van der Waals surface area contributed by atoms with Gasteiger partial charge in [0.1, 0.15) is 11.5 Å². The highest BCUT2D eigenvalue weighted by Gasteiger charge is 2.13. The normalized spacial score (nSPS) is 10.6. The summed E-state index contributed by atoms with van der Waals surface area (Å²) in [6.45, 7) is 0. The van der Waals surface area contributed by atoms with Crippen molar-refractivity contribution in [2.75, 3.05) is 38.0 Å². The molecule has 0 aliphatic heterocycles. The van der Waals surface area contributed by atoms with Crippen LogP contribution in [0.25, 0.3) is 11.5 Å². The average Bonchev–Trinajstić information content (AvgIpc) is 2.69. The zero-order valence-electron chi connectivity index (χ0n) is 11.7. The van der Waals surface area contributed by atoms with Gasteiger partial charge in [-0.1, -0.05) is 0 Å². The van der Waals surface area contributed by atoms with Crippen molar-refractivity contribution in [3.8, 4) is 11.5 Å². The van der Waals surface area contributed by atoms with Crippen molar-refractivity contribution in [1.29, 1.82) is 0 Å². The highest BCUT2D eigenvalue weighted by Crippen LogP contribution is 2.21. The van der Waals surface area contributed by atoms with Crippen LogP contribution in [0.1, 0.15) is 0 Å². The lowest BCUT2D eigenvalue weighted by atomic mass is 10.3. The standard InChI is InChI=1S/C11H17N7S/c1-16(2)8-6-7(12-10(13-8)17(3)4)9-14-15-11(19)18(9)5/h6H,1-5H3,(H,15,19). The smallest absolute Gasteiger partial charge is 0.227 e. The Balaban J connectivity index is 2.63. The fourth-order valence-corrected chi connectivity index (χ4v) is 1.67. The fourth-order valence-electron chi connectivity index (χ4n) is 1.54. The van der Waals surface area contributed by atoms with Crippen molar-refractivity contribution in [3.63, 3.8) is 0 Å². The summed E-state index contributed by atoms with van der Waals surface area (Å²) < 4.78 is 2.35. The molecule has 0 radical (unpaired) electrons. The second-order valence-electron chi connectivity index (χ2n) is 4.61. The van der Waals surface area contributed by atoms with E-state index in [0.29, 0.717) is 16.5 Å². The van der Waals surface area contributed by atoms with Crippen LogP contribution in [0.5, 0.6) is 0 Å². The maximum absolute atomic E-state index is 5.12. The zero-order chi connectivity index (χ0) is 14.2. The minimum atomic E-state index is 0.561. The minimum Gasteiger partial charge on any atom is -0.363 e. The van der Waals surface area contributed by atoms with Crippen LogP contribution >= 0.6 is 12.2 Å². The highest BCUT2D eigenvalue weighted by molar-refractivity contribution is 7.71. The molecule has 1 N–H and O–H groups in total. The largest absolute Gasteiger partial charge is 0.363 e. The second-order valence-corrected chi connectivity index (χ2v) is 5.00. The van der Waals surface area contributed by atoms with Gasteiger partial charge in [-0.25, -0.2) is 4.98 Å². The molecule has 8 heteroatoms. The van der Waals surface area contributed by atoms with Crippen molar-refractivity contribution < 1.29 is 0 Å². The molecule has 0 amide bonds. The van der Waals surface area contributed by atoms with Gasteiger partial charge >= 0.3 is 0 Å². The molecule has 2 aromatic heterocycles. The van der Waals surface area contributed by atoms with E-state index in [4.69, 9.17) is 12.2 Å². The minimum absolute atomic E-state index is 0.561. The third kappa shape index (κ3) is 2.58. The lowest BCUT2D eigenvalue weighted by Crippen LogP contribution is -2.17. The van der Waals surface area contributed by atoms with E-state index >= 15 is 0 Å². The van der Waals surface area contributed by atoms with Crippen LogP contribution in [0.4, 0.5) is 11.8 Å². The summed E-state index contributed by atoms with van der Waals surface area (Å²) in [5.41, 5.74) is 0.734. The molecule has 0 saturated heterocycles.